The van der Waals surface area contributed by atoms with E-state index in [0.29, 0.717) is 6.54 Å². The summed E-state index contributed by atoms with van der Waals surface area (Å²) in [6, 6.07) is 7.58. The molecule has 162 valence electrons. The van der Waals surface area contributed by atoms with E-state index in [9.17, 15) is 18.0 Å². The van der Waals surface area contributed by atoms with Crippen LogP contribution in [0.15, 0.2) is 41.6 Å². The molecule has 0 bridgehead atoms. The number of aryl methyl sites for hydroxylation is 1. The highest BCUT2D eigenvalue weighted by Gasteiger charge is 2.44. The van der Waals surface area contributed by atoms with E-state index in [1.54, 1.807) is 21.1 Å². The first-order valence-corrected chi connectivity index (χ1v) is 11.1. The van der Waals surface area contributed by atoms with Crippen LogP contribution in [-0.4, -0.2) is 66.4 Å². The molecule has 1 N–H and O–H groups in total. The molecule has 0 spiro atoms. The number of hydrogen-bond donors (Lipinski definition) is 1. The number of sulfonamides is 1. The summed E-state index contributed by atoms with van der Waals surface area (Å²) in [7, 11) is 1.26. The van der Waals surface area contributed by atoms with Gasteiger partial charge in [0, 0.05) is 59.8 Å². The molecule has 1 aromatic carbocycles. The van der Waals surface area contributed by atoms with Crippen LogP contribution in [0, 0.1) is 5.92 Å². The van der Waals surface area contributed by atoms with Crippen LogP contribution < -0.4 is 5.32 Å². The van der Waals surface area contributed by atoms with Gasteiger partial charge in [-0.3, -0.25) is 14.3 Å². The first-order chi connectivity index (χ1) is 14.1. The van der Waals surface area contributed by atoms with E-state index in [0.717, 1.165) is 11.1 Å². The largest absolute Gasteiger partial charge is 0.352 e. The van der Waals surface area contributed by atoms with Crippen LogP contribution in [0.2, 0.25) is 0 Å². The van der Waals surface area contributed by atoms with Gasteiger partial charge in [-0.05, 0) is 11.1 Å². The fourth-order valence-electron chi connectivity index (χ4n) is 3.67. The van der Waals surface area contributed by atoms with Gasteiger partial charge in [-0.25, -0.2) is 8.42 Å². The normalized spacial score (nSPS) is 19.6. The fourth-order valence-corrected chi connectivity index (χ4v) is 5.15. The molecule has 9 nitrogen and oxygen atoms in total. The molecule has 3 rings (SSSR count). The third-order valence-corrected chi connectivity index (χ3v) is 7.10. The maximum Gasteiger partial charge on any atom is 0.246 e. The fraction of sp³-hybridized carbons (Fsp3) is 0.450. The summed E-state index contributed by atoms with van der Waals surface area (Å²) in [5.74, 6) is -0.956. The van der Waals surface area contributed by atoms with Crippen molar-refractivity contribution in [1.82, 2.24) is 24.3 Å². The van der Waals surface area contributed by atoms with Crippen LogP contribution in [0.5, 0.6) is 0 Å². The number of carbonyl (C=O) groups excluding carboxylic acids is 2. The molecule has 1 saturated heterocycles. The molecule has 1 aliphatic rings. The quantitative estimate of drug-likeness (QED) is 0.716. The third kappa shape index (κ3) is 4.54. The van der Waals surface area contributed by atoms with Crippen molar-refractivity contribution < 1.29 is 18.0 Å². The average Bonchev–Trinajstić information content (AvgIpc) is 3.33. The molecular formula is C20H27N5O4S. The van der Waals surface area contributed by atoms with E-state index in [4.69, 9.17) is 0 Å². The van der Waals surface area contributed by atoms with Gasteiger partial charge in [0.25, 0.3) is 0 Å². The van der Waals surface area contributed by atoms with Crippen LogP contribution in [0.3, 0.4) is 0 Å². The Hall–Kier alpha value is -2.72. The van der Waals surface area contributed by atoms with Crippen molar-refractivity contribution in [2.24, 2.45) is 13.0 Å². The minimum absolute atomic E-state index is 0.105. The van der Waals surface area contributed by atoms with Crippen molar-refractivity contribution in [3.05, 3.63) is 47.8 Å². The molecule has 2 amide bonds. The van der Waals surface area contributed by atoms with Crippen molar-refractivity contribution in [1.29, 1.82) is 0 Å². The lowest BCUT2D eigenvalue weighted by atomic mass is 9.87. The zero-order valence-corrected chi connectivity index (χ0v) is 18.4. The molecule has 30 heavy (non-hydrogen) atoms. The van der Waals surface area contributed by atoms with Gasteiger partial charge < -0.3 is 10.2 Å². The summed E-state index contributed by atoms with van der Waals surface area (Å²) in [5, 5.41) is 6.70. The number of aromatic nitrogens is 2. The van der Waals surface area contributed by atoms with E-state index in [1.165, 1.54) is 33.2 Å². The molecular weight excluding hydrogens is 406 g/mol. The number of hydrogen-bond acceptors (Lipinski definition) is 5. The van der Waals surface area contributed by atoms with Gasteiger partial charge in [-0.1, -0.05) is 24.3 Å². The second-order valence-corrected chi connectivity index (χ2v) is 9.71. The Kier molecular flexibility index (Phi) is 6.27. The van der Waals surface area contributed by atoms with Gasteiger partial charge in [-0.2, -0.15) is 9.40 Å². The molecule has 2 heterocycles. The van der Waals surface area contributed by atoms with E-state index >= 15 is 0 Å². The molecule has 1 aromatic heterocycles. The zero-order chi connectivity index (χ0) is 22.1. The number of carbonyl (C=O) groups is 2. The highest BCUT2D eigenvalue weighted by molar-refractivity contribution is 7.89. The molecule has 1 aliphatic heterocycles. The van der Waals surface area contributed by atoms with Crippen LogP contribution >= 0.6 is 0 Å². The molecule has 2 atom stereocenters. The van der Waals surface area contributed by atoms with Crippen LogP contribution in [-0.2, 0) is 33.2 Å². The average molecular weight is 434 g/mol. The van der Waals surface area contributed by atoms with E-state index < -0.39 is 15.9 Å². The lowest BCUT2D eigenvalue weighted by Gasteiger charge is -2.21. The van der Waals surface area contributed by atoms with Crippen LogP contribution in [0.25, 0.3) is 0 Å². The Labute approximate surface area is 176 Å². The van der Waals surface area contributed by atoms with Crippen molar-refractivity contribution >= 4 is 21.8 Å². The van der Waals surface area contributed by atoms with E-state index in [-0.39, 0.29) is 35.7 Å². The SMILES string of the molecule is CC(=O)NCc1ccc([C@H]2CN(S(=O)(=O)c3cnn(C)c3)C[C@@H]2C(=O)N(C)C)cc1. The first kappa shape index (κ1) is 22.0. The Morgan fingerprint density at radius 3 is 2.40 bits per heavy atom. The highest BCUT2D eigenvalue weighted by Crippen LogP contribution is 2.36. The van der Waals surface area contributed by atoms with Gasteiger partial charge in [0.1, 0.15) is 4.90 Å². The molecule has 0 saturated carbocycles. The number of benzene rings is 1. The number of rotatable bonds is 6. The monoisotopic (exact) mass is 433 g/mol. The van der Waals surface area contributed by atoms with Gasteiger partial charge in [0.05, 0.1) is 12.1 Å². The molecule has 0 unspecified atom stereocenters. The van der Waals surface area contributed by atoms with Gasteiger partial charge in [0.15, 0.2) is 0 Å². The number of nitrogens with zero attached hydrogens (tertiary/aromatic N) is 4. The Morgan fingerprint density at radius 1 is 1.20 bits per heavy atom. The second kappa shape index (κ2) is 8.57. The summed E-state index contributed by atoms with van der Waals surface area (Å²) in [5.41, 5.74) is 1.83. The summed E-state index contributed by atoms with van der Waals surface area (Å²) in [6.45, 7) is 2.21. The summed E-state index contributed by atoms with van der Waals surface area (Å²) in [4.78, 5) is 25.5. The van der Waals surface area contributed by atoms with Gasteiger partial charge >= 0.3 is 0 Å². The van der Waals surface area contributed by atoms with Crippen LogP contribution in [0.1, 0.15) is 24.0 Å². The minimum Gasteiger partial charge on any atom is -0.352 e. The molecule has 1 fully saturated rings. The summed E-state index contributed by atoms with van der Waals surface area (Å²) in [6.07, 6.45) is 2.78. The summed E-state index contributed by atoms with van der Waals surface area (Å²) < 4.78 is 29.0. The first-order valence-electron chi connectivity index (χ1n) is 9.63. The number of nitrogens with one attached hydrogen (secondary N) is 1. The second-order valence-electron chi connectivity index (χ2n) is 7.77. The smallest absolute Gasteiger partial charge is 0.246 e. The molecule has 2 aromatic rings. The maximum atomic E-state index is 13.1. The van der Waals surface area contributed by atoms with Crippen molar-refractivity contribution in [3.63, 3.8) is 0 Å². The summed E-state index contributed by atoms with van der Waals surface area (Å²) >= 11 is 0. The van der Waals surface area contributed by atoms with Crippen LogP contribution in [0.4, 0.5) is 0 Å². The molecule has 10 heteroatoms. The third-order valence-electron chi connectivity index (χ3n) is 5.31. The standard InChI is InChI=1S/C20H27N5O4S/c1-14(26)21-9-15-5-7-16(8-6-15)18-12-25(13-19(18)20(27)23(2)3)30(28,29)17-10-22-24(4)11-17/h5-8,10-11,18-19H,9,12-13H2,1-4H3,(H,21,26)/t18-,19+/m1/s1. The van der Waals surface area contributed by atoms with E-state index in [1.807, 2.05) is 24.3 Å². The van der Waals surface area contributed by atoms with Gasteiger partial charge in [0.2, 0.25) is 21.8 Å². The highest BCUT2D eigenvalue weighted by atomic mass is 32.2. The van der Waals surface area contributed by atoms with E-state index in [2.05, 4.69) is 10.4 Å². The Balaban J connectivity index is 1.87. The Bertz CT molecular complexity index is 1030. The zero-order valence-electron chi connectivity index (χ0n) is 17.6. The van der Waals surface area contributed by atoms with Gasteiger partial charge in [-0.15, -0.1) is 0 Å². The predicted molar refractivity (Wildman–Crippen MR) is 111 cm³/mol. The minimum atomic E-state index is -3.75. The van der Waals surface area contributed by atoms with Crippen molar-refractivity contribution in [2.75, 3.05) is 27.2 Å². The molecule has 0 radical (unpaired) electrons. The maximum absolute atomic E-state index is 13.1. The van der Waals surface area contributed by atoms with Crippen molar-refractivity contribution in [3.8, 4) is 0 Å². The Morgan fingerprint density at radius 2 is 1.87 bits per heavy atom. The predicted octanol–water partition coefficient (Wildman–Crippen LogP) is 0.549. The number of amides is 2. The lowest BCUT2D eigenvalue weighted by molar-refractivity contribution is -0.132. The van der Waals surface area contributed by atoms with Crippen molar-refractivity contribution in [2.45, 2.75) is 24.3 Å². The topological polar surface area (TPSA) is 105 Å². The lowest BCUT2D eigenvalue weighted by Crippen LogP contribution is -2.34. The molecule has 0 aliphatic carbocycles.